The summed E-state index contributed by atoms with van der Waals surface area (Å²) in [6.07, 6.45) is 2.02. The van der Waals surface area contributed by atoms with Crippen LogP contribution < -0.4 is 11.1 Å². The summed E-state index contributed by atoms with van der Waals surface area (Å²) in [5.41, 5.74) is 6.72. The Hall–Kier alpha value is -1.22. The van der Waals surface area contributed by atoms with Crippen LogP contribution in [-0.2, 0) is 14.9 Å². The number of nitrogens with one attached hydrogen (secondary N) is 1. The van der Waals surface area contributed by atoms with Crippen molar-refractivity contribution in [1.29, 1.82) is 0 Å². The maximum atomic E-state index is 12.8. The maximum absolute atomic E-state index is 12.8. The van der Waals surface area contributed by atoms with Crippen LogP contribution in [0.2, 0.25) is 0 Å². The zero-order valence-corrected chi connectivity index (χ0v) is 16.6. The highest BCUT2D eigenvalue weighted by molar-refractivity contribution is 7.19. The first-order valence-corrected chi connectivity index (χ1v) is 10.1. The van der Waals surface area contributed by atoms with Crippen molar-refractivity contribution >= 4 is 27.4 Å². The lowest BCUT2D eigenvalue weighted by atomic mass is 9.93. The van der Waals surface area contributed by atoms with Gasteiger partial charge >= 0.3 is 0 Å². The van der Waals surface area contributed by atoms with Gasteiger partial charge in [-0.05, 0) is 25.2 Å². The van der Waals surface area contributed by atoms with Gasteiger partial charge in [0.2, 0.25) is 5.91 Å². The highest BCUT2D eigenvalue weighted by Crippen LogP contribution is 2.34. The number of rotatable bonds is 4. The van der Waals surface area contributed by atoms with Crippen LogP contribution in [0.25, 0.3) is 0 Å². The normalized spacial score (nSPS) is 25.5. The summed E-state index contributed by atoms with van der Waals surface area (Å²) in [5.74, 6) is 0.412. The van der Waals surface area contributed by atoms with Crippen LogP contribution in [0.4, 0.5) is 10.1 Å². The number of aliphatic hydroxyl groups excluding tert-OH is 1. The second-order valence-electron chi connectivity index (χ2n) is 8.39. The number of anilines is 2. The Morgan fingerprint density at radius 1 is 1.42 bits per heavy atom. The van der Waals surface area contributed by atoms with E-state index in [-0.39, 0.29) is 17.4 Å². The summed E-state index contributed by atoms with van der Waals surface area (Å²) in [7, 11) is 0. The second-order valence-corrected chi connectivity index (χ2v) is 9.42. The smallest absolute Gasteiger partial charge is 0.243 e. The van der Waals surface area contributed by atoms with Gasteiger partial charge in [-0.15, -0.1) is 0 Å². The van der Waals surface area contributed by atoms with Crippen molar-refractivity contribution in [2.75, 3.05) is 37.4 Å². The van der Waals surface area contributed by atoms with E-state index in [0.717, 1.165) is 38.3 Å². The number of aromatic nitrogens is 1. The first-order valence-electron chi connectivity index (χ1n) is 9.31. The summed E-state index contributed by atoms with van der Waals surface area (Å²) in [6.45, 7) is 9.08. The zero-order valence-electron chi connectivity index (χ0n) is 15.8. The molecule has 2 saturated heterocycles. The van der Waals surface area contributed by atoms with Crippen molar-refractivity contribution in [2.24, 2.45) is 5.92 Å². The number of ether oxygens (including phenoxy) is 1. The SMILES string of the molecule is CC(C)(C)c1nc(NC(=O)C2CC(O)CN2CC2CCOCC2)sc1N. The molecule has 0 saturated carbocycles. The monoisotopic (exact) mass is 382 g/mol. The van der Waals surface area contributed by atoms with E-state index in [1.165, 1.54) is 11.3 Å². The molecule has 2 aliphatic heterocycles. The van der Waals surface area contributed by atoms with E-state index < -0.39 is 6.10 Å². The largest absolute Gasteiger partial charge is 0.392 e. The minimum absolute atomic E-state index is 0.109. The topological polar surface area (TPSA) is 101 Å². The molecule has 1 aromatic rings. The highest BCUT2D eigenvalue weighted by Gasteiger charge is 2.37. The van der Waals surface area contributed by atoms with Gasteiger partial charge in [-0.2, -0.15) is 0 Å². The van der Waals surface area contributed by atoms with Crippen molar-refractivity contribution in [2.45, 2.75) is 57.6 Å². The van der Waals surface area contributed by atoms with Gasteiger partial charge in [0.15, 0.2) is 5.13 Å². The number of thiazole rings is 1. The number of nitrogen functional groups attached to an aromatic ring is 1. The fourth-order valence-corrected chi connectivity index (χ4v) is 4.67. The van der Waals surface area contributed by atoms with Gasteiger partial charge < -0.3 is 20.9 Å². The highest BCUT2D eigenvalue weighted by atomic mass is 32.1. The lowest BCUT2D eigenvalue weighted by Crippen LogP contribution is -2.42. The molecule has 0 aromatic carbocycles. The number of hydrogen-bond donors (Lipinski definition) is 3. The lowest BCUT2D eigenvalue weighted by Gasteiger charge is -2.30. The number of nitrogens with two attached hydrogens (primary N) is 1. The first-order chi connectivity index (χ1) is 12.2. The van der Waals surface area contributed by atoms with Crippen LogP contribution in [0, 0.1) is 5.92 Å². The van der Waals surface area contributed by atoms with Crippen LogP contribution in [0.1, 0.15) is 45.7 Å². The summed E-state index contributed by atoms with van der Waals surface area (Å²) in [5, 5.41) is 14.2. The van der Waals surface area contributed by atoms with E-state index in [1.54, 1.807) is 0 Å². The predicted octanol–water partition coefficient (Wildman–Crippen LogP) is 1.82. The van der Waals surface area contributed by atoms with Gasteiger partial charge in [-0.1, -0.05) is 32.1 Å². The van der Waals surface area contributed by atoms with Crippen LogP contribution in [0.15, 0.2) is 0 Å². The summed E-state index contributed by atoms with van der Waals surface area (Å²) in [6, 6.07) is -0.323. The van der Waals surface area contributed by atoms with Gasteiger partial charge in [-0.3, -0.25) is 9.69 Å². The summed E-state index contributed by atoms with van der Waals surface area (Å²) in [4.78, 5) is 19.4. The Morgan fingerprint density at radius 2 is 2.12 bits per heavy atom. The molecule has 4 N–H and O–H groups in total. The van der Waals surface area contributed by atoms with Crippen LogP contribution >= 0.6 is 11.3 Å². The molecular formula is C18H30N4O3S. The molecule has 0 spiro atoms. The van der Waals surface area contributed by atoms with Gasteiger partial charge in [-0.25, -0.2) is 4.98 Å². The van der Waals surface area contributed by atoms with Crippen LogP contribution in [0.5, 0.6) is 0 Å². The minimum atomic E-state index is -0.461. The molecular weight excluding hydrogens is 352 g/mol. The molecule has 3 heterocycles. The zero-order chi connectivity index (χ0) is 18.9. The molecule has 7 nitrogen and oxygen atoms in total. The Labute approximate surface area is 158 Å². The van der Waals surface area contributed by atoms with E-state index in [9.17, 15) is 9.90 Å². The number of likely N-dealkylation sites (tertiary alicyclic amines) is 1. The molecule has 2 aliphatic rings. The molecule has 0 bridgehead atoms. The minimum Gasteiger partial charge on any atom is -0.392 e. The molecule has 146 valence electrons. The van der Waals surface area contributed by atoms with Gasteiger partial charge in [0.05, 0.1) is 17.8 Å². The second kappa shape index (κ2) is 7.80. The molecule has 2 atom stereocenters. The first kappa shape index (κ1) is 19.5. The quantitative estimate of drug-likeness (QED) is 0.734. The van der Waals surface area contributed by atoms with Crippen molar-refractivity contribution in [3.8, 4) is 0 Å². The van der Waals surface area contributed by atoms with Crippen molar-refractivity contribution in [1.82, 2.24) is 9.88 Å². The third-order valence-electron chi connectivity index (χ3n) is 5.11. The van der Waals surface area contributed by atoms with Crippen molar-refractivity contribution < 1.29 is 14.6 Å². The van der Waals surface area contributed by atoms with E-state index in [2.05, 4.69) is 15.2 Å². The Balaban J connectivity index is 1.65. The van der Waals surface area contributed by atoms with Gasteiger partial charge in [0, 0.05) is 31.7 Å². The van der Waals surface area contributed by atoms with Crippen molar-refractivity contribution in [3.63, 3.8) is 0 Å². The molecule has 2 unspecified atom stereocenters. The number of aliphatic hydroxyl groups is 1. The third kappa shape index (κ3) is 4.54. The molecule has 1 amide bonds. The van der Waals surface area contributed by atoms with Crippen LogP contribution in [0.3, 0.4) is 0 Å². The fraction of sp³-hybridized carbons (Fsp3) is 0.778. The standard InChI is InChI=1S/C18H30N4O3S/c1-18(2,3)14-15(19)26-17(20-14)21-16(24)13-8-12(23)10-22(13)9-11-4-6-25-7-5-11/h11-13,23H,4-10,19H2,1-3H3,(H,20,21,24). The summed E-state index contributed by atoms with van der Waals surface area (Å²) < 4.78 is 5.41. The molecule has 8 heteroatoms. The number of carbonyl (C=O) groups is 1. The van der Waals surface area contributed by atoms with Crippen molar-refractivity contribution in [3.05, 3.63) is 5.69 Å². The van der Waals surface area contributed by atoms with Gasteiger partial charge in [0.25, 0.3) is 0 Å². The Morgan fingerprint density at radius 3 is 2.73 bits per heavy atom. The van der Waals surface area contributed by atoms with E-state index in [0.29, 0.717) is 29.0 Å². The molecule has 2 fully saturated rings. The Bertz CT molecular complexity index is 637. The van der Waals surface area contributed by atoms with E-state index in [1.807, 2.05) is 20.8 Å². The number of nitrogens with zero attached hydrogens (tertiary/aromatic N) is 2. The van der Waals surface area contributed by atoms with E-state index in [4.69, 9.17) is 10.5 Å². The number of amides is 1. The maximum Gasteiger partial charge on any atom is 0.243 e. The molecule has 0 aliphatic carbocycles. The van der Waals surface area contributed by atoms with E-state index >= 15 is 0 Å². The van der Waals surface area contributed by atoms with Gasteiger partial charge in [0.1, 0.15) is 5.00 Å². The number of carbonyl (C=O) groups excluding carboxylic acids is 1. The average molecular weight is 383 g/mol. The Kier molecular flexibility index (Phi) is 5.86. The molecule has 26 heavy (non-hydrogen) atoms. The predicted molar refractivity (Wildman–Crippen MR) is 103 cm³/mol. The average Bonchev–Trinajstić information content (AvgIpc) is 3.10. The fourth-order valence-electron chi connectivity index (χ4n) is 3.73. The number of hydrogen-bond acceptors (Lipinski definition) is 7. The lowest BCUT2D eigenvalue weighted by molar-refractivity contribution is -0.120. The molecule has 1 aromatic heterocycles. The summed E-state index contributed by atoms with van der Waals surface area (Å²) >= 11 is 1.30. The molecule has 0 radical (unpaired) electrons. The molecule has 3 rings (SSSR count). The third-order valence-corrected chi connectivity index (χ3v) is 5.91. The van der Waals surface area contributed by atoms with Crippen LogP contribution in [-0.4, -0.2) is 59.3 Å². The number of β-amino-alcohol motifs (C(OH)–C–C–N with tert-alkyl or cyclic N) is 1.